The lowest BCUT2D eigenvalue weighted by atomic mass is 9.91. The topological polar surface area (TPSA) is 85.6 Å². The highest BCUT2D eigenvalue weighted by atomic mass is 28.4. The molecule has 8 nitrogen and oxygen atoms in total. The molecule has 1 aliphatic rings. The molecule has 1 fully saturated rings. The fourth-order valence-electron chi connectivity index (χ4n) is 13.5. The normalized spacial score (nSPS) is 17.7. The van der Waals surface area contributed by atoms with Crippen molar-refractivity contribution in [2.75, 3.05) is 0 Å². The van der Waals surface area contributed by atoms with Crippen LogP contribution in [-0.4, -0.2) is 49.6 Å². The van der Waals surface area contributed by atoms with Gasteiger partial charge in [0.1, 0.15) is 23.2 Å². The highest BCUT2D eigenvalue weighted by Crippen LogP contribution is 2.45. The molecule has 2 heterocycles. The van der Waals surface area contributed by atoms with E-state index in [1.807, 2.05) is 92.7 Å². The maximum atomic E-state index is 16.3. The summed E-state index contributed by atoms with van der Waals surface area (Å²) in [6, 6.07) is 85.5. The number of hydrogen-bond donors (Lipinski definition) is 0. The van der Waals surface area contributed by atoms with Gasteiger partial charge in [-0.2, -0.15) is 0 Å². The van der Waals surface area contributed by atoms with Crippen molar-refractivity contribution in [2.24, 2.45) is 5.92 Å². The average molecular weight is 1230 g/mol. The molecule has 0 N–H and O–H groups in total. The molecule has 0 spiro atoms. The van der Waals surface area contributed by atoms with Crippen molar-refractivity contribution in [3.05, 3.63) is 270 Å². The fraction of sp³-hybridized carbons (Fsp3) is 0.269. The van der Waals surface area contributed by atoms with Crippen LogP contribution in [0.3, 0.4) is 0 Å². The van der Waals surface area contributed by atoms with Crippen molar-refractivity contribution in [3.63, 3.8) is 0 Å². The van der Waals surface area contributed by atoms with Crippen LogP contribution in [0.2, 0.25) is 15.1 Å². The van der Waals surface area contributed by atoms with Gasteiger partial charge in [-0.15, -0.1) is 0 Å². The minimum atomic E-state index is -3.38. The summed E-state index contributed by atoms with van der Waals surface area (Å²) in [6.07, 6.45) is -3.00. The first-order chi connectivity index (χ1) is 42.7. The summed E-state index contributed by atoms with van der Waals surface area (Å²) in [5.74, 6) is 1.32. The van der Waals surface area contributed by atoms with Crippen LogP contribution in [0.1, 0.15) is 87.3 Å². The SMILES string of the molecule is Cc1cc(O[Si](c2ccccc2)(c2ccccc2)C(C)(C)C)cc2oc(-c3ccc(O[Si](c4ccccc4)(c4ccccc4)C(C)(C)C)cc3)c(OC3OC(C)C(C)C(OCc4ccccc4)C3O[Si](c3ccccc3)(c3ccccc3)C(C)(C)C)c(=O)c12. The molecule has 0 aliphatic carbocycles. The molecule has 0 bridgehead atoms. The fourth-order valence-corrected chi connectivity index (χ4v) is 27.0. The van der Waals surface area contributed by atoms with Crippen LogP contribution in [0.15, 0.2) is 258 Å². The summed E-state index contributed by atoms with van der Waals surface area (Å²) in [5, 5.41) is 6.02. The second kappa shape index (κ2) is 25.5. The van der Waals surface area contributed by atoms with Gasteiger partial charge in [-0.25, -0.2) is 0 Å². The number of ether oxygens (including phenoxy) is 3. The van der Waals surface area contributed by atoms with E-state index < -0.39 is 54.6 Å². The van der Waals surface area contributed by atoms with Crippen molar-refractivity contribution in [3.8, 4) is 28.6 Å². The van der Waals surface area contributed by atoms with E-state index in [1.54, 1.807) is 0 Å². The number of rotatable bonds is 18. The van der Waals surface area contributed by atoms with Gasteiger partial charge >= 0.3 is 16.6 Å². The van der Waals surface area contributed by atoms with Crippen LogP contribution in [0.5, 0.6) is 17.2 Å². The first kappa shape index (κ1) is 62.7. The van der Waals surface area contributed by atoms with Crippen LogP contribution in [0.25, 0.3) is 22.3 Å². The highest BCUT2D eigenvalue weighted by molar-refractivity contribution is 7.01. The Morgan fingerprint density at radius 1 is 0.449 bits per heavy atom. The molecule has 5 unspecified atom stereocenters. The molecule has 1 saturated heterocycles. The highest BCUT2D eigenvalue weighted by Gasteiger charge is 2.57. The van der Waals surface area contributed by atoms with Gasteiger partial charge in [-0.1, -0.05) is 282 Å². The molecule has 11 heteroatoms. The predicted octanol–water partition coefficient (Wildman–Crippen LogP) is 14.9. The van der Waals surface area contributed by atoms with Crippen LogP contribution in [0.4, 0.5) is 0 Å². The summed E-state index contributed by atoms with van der Waals surface area (Å²) >= 11 is 0. The number of hydrogen-bond acceptors (Lipinski definition) is 8. The van der Waals surface area contributed by atoms with E-state index in [1.165, 1.54) is 0 Å². The summed E-state index contributed by atoms with van der Waals surface area (Å²) < 4.78 is 52.5. The summed E-state index contributed by atoms with van der Waals surface area (Å²) in [4.78, 5) is 16.3. The zero-order valence-corrected chi connectivity index (χ0v) is 56.5. The molecule has 0 saturated carbocycles. The summed E-state index contributed by atoms with van der Waals surface area (Å²) in [7, 11) is -9.59. The van der Waals surface area contributed by atoms with Crippen molar-refractivity contribution in [2.45, 2.75) is 129 Å². The minimum absolute atomic E-state index is 0.00786. The average Bonchev–Trinajstić information content (AvgIpc) is 1.92. The van der Waals surface area contributed by atoms with E-state index in [4.69, 9.17) is 31.9 Å². The lowest BCUT2D eigenvalue weighted by Crippen LogP contribution is -2.71. The monoisotopic (exact) mass is 1230 g/mol. The van der Waals surface area contributed by atoms with Crippen molar-refractivity contribution < 1.29 is 31.9 Å². The quantitative estimate of drug-likeness (QED) is 0.0786. The number of aryl methyl sites for hydroxylation is 1. The Labute approximate surface area is 529 Å². The molecule has 9 aromatic carbocycles. The molecule has 89 heavy (non-hydrogen) atoms. The third kappa shape index (κ3) is 12.1. The Bertz CT molecular complexity index is 3900. The van der Waals surface area contributed by atoms with E-state index in [2.05, 4.69) is 239 Å². The second-order valence-corrected chi connectivity index (χ2v) is 39.6. The van der Waals surface area contributed by atoms with Gasteiger partial charge in [-0.3, -0.25) is 4.79 Å². The number of fused-ring (bicyclic) bond motifs is 1. The molecule has 5 atom stereocenters. The van der Waals surface area contributed by atoms with Gasteiger partial charge in [-0.05, 0) is 102 Å². The van der Waals surface area contributed by atoms with Gasteiger partial charge < -0.3 is 31.9 Å². The Balaban J connectivity index is 1.11. The largest absolute Gasteiger partial charge is 0.534 e. The van der Waals surface area contributed by atoms with Crippen LogP contribution < -0.4 is 50.1 Å². The van der Waals surface area contributed by atoms with E-state index in [0.29, 0.717) is 40.2 Å². The van der Waals surface area contributed by atoms with Gasteiger partial charge in [0.15, 0.2) is 5.76 Å². The predicted molar refractivity (Wildman–Crippen MR) is 371 cm³/mol. The van der Waals surface area contributed by atoms with Crippen LogP contribution in [0, 0.1) is 12.8 Å². The first-order valence-corrected chi connectivity index (χ1v) is 37.0. The van der Waals surface area contributed by atoms with Gasteiger partial charge in [0.2, 0.25) is 17.5 Å². The first-order valence-electron chi connectivity index (χ1n) is 31.2. The standard InChI is InChI=1S/C78H84O8Si3/c1-55-52-61(85-88(77(7,8)9,64-40-26-16-27-41-64)65-42-28-17-29-43-65)53-68-69(55)70(79)73(72(82-68)59-48-50-60(51-49-59)84-87(76(4,5)6,62-36-22-14-23-37-62)63-38-24-15-25-39-63)83-75-74(71(56(2)57(3)81-75)80-54-58-34-20-13-21-35-58)86-89(78(10,11)12,66-44-30-18-31-45-66)67-46-32-19-33-47-67/h13-53,56-57,71,74-75H,54H2,1-12H3. The van der Waals surface area contributed by atoms with Gasteiger partial charge in [0.05, 0.1) is 24.2 Å². The molecule has 456 valence electrons. The molecule has 10 aromatic rings. The van der Waals surface area contributed by atoms with Crippen molar-refractivity contribution in [1.29, 1.82) is 0 Å². The molecule has 1 aliphatic heterocycles. The molecule has 0 amide bonds. The molecule has 0 radical (unpaired) electrons. The van der Waals surface area contributed by atoms with E-state index in [-0.39, 0.29) is 32.9 Å². The molecular weight excluding hydrogens is 1150 g/mol. The number of benzene rings is 9. The van der Waals surface area contributed by atoms with Gasteiger partial charge in [0, 0.05) is 17.5 Å². The van der Waals surface area contributed by atoms with E-state index >= 15 is 4.79 Å². The van der Waals surface area contributed by atoms with Crippen molar-refractivity contribution >= 4 is 67.0 Å². The van der Waals surface area contributed by atoms with E-state index in [9.17, 15) is 0 Å². The Kier molecular flexibility index (Phi) is 18.0. The third-order valence-corrected chi connectivity index (χ3v) is 33.0. The van der Waals surface area contributed by atoms with Crippen molar-refractivity contribution in [1.82, 2.24) is 0 Å². The molecular formula is C78H84O8Si3. The van der Waals surface area contributed by atoms with Gasteiger partial charge in [0.25, 0.3) is 8.32 Å². The summed E-state index contributed by atoms with van der Waals surface area (Å²) in [6.45, 7) is 26.8. The Hall–Kier alpha value is -7.88. The van der Waals surface area contributed by atoms with E-state index in [0.717, 1.165) is 36.7 Å². The maximum absolute atomic E-state index is 16.3. The zero-order valence-electron chi connectivity index (χ0n) is 53.5. The molecule has 1 aromatic heterocycles. The third-order valence-electron chi connectivity index (χ3n) is 18.1. The minimum Gasteiger partial charge on any atom is -0.534 e. The maximum Gasteiger partial charge on any atom is 0.319 e. The lowest BCUT2D eigenvalue weighted by Gasteiger charge is -2.51. The van der Waals surface area contributed by atoms with Crippen LogP contribution in [-0.2, 0) is 20.5 Å². The smallest absolute Gasteiger partial charge is 0.319 e. The van der Waals surface area contributed by atoms with Crippen LogP contribution >= 0.6 is 0 Å². The second-order valence-electron chi connectivity index (χ2n) is 27.0. The zero-order chi connectivity index (χ0) is 62.8. The summed E-state index contributed by atoms with van der Waals surface area (Å²) in [5.41, 5.74) is 2.29. The Morgan fingerprint density at radius 3 is 1.24 bits per heavy atom. The molecule has 11 rings (SSSR count). The Morgan fingerprint density at radius 2 is 0.831 bits per heavy atom. The lowest BCUT2D eigenvalue weighted by molar-refractivity contribution is -0.258.